The summed E-state index contributed by atoms with van der Waals surface area (Å²) in [6, 6.07) is 9.86. The van der Waals surface area contributed by atoms with Gasteiger partial charge >= 0.3 is 0 Å². The second-order valence-electron chi connectivity index (χ2n) is 8.83. The SMILES string of the molecule is CC1C(N(C)c2ccc(-c3ccc(-c4cn[nH]c4)cc3O)nn2)CCN(C)C1(C)C. The number of aromatic nitrogens is 4. The highest BCUT2D eigenvalue weighted by Crippen LogP contribution is 2.36. The largest absolute Gasteiger partial charge is 0.507 e. The topological polar surface area (TPSA) is 81.2 Å². The highest BCUT2D eigenvalue weighted by Gasteiger charge is 2.41. The second kappa shape index (κ2) is 7.72. The Kier molecular flexibility index (Phi) is 5.24. The fourth-order valence-electron chi connectivity index (χ4n) is 4.38. The molecule has 2 aromatic heterocycles. The first-order valence-corrected chi connectivity index (χ1v) is 10.4. The minimum Gasteiger partial charge on any atom is -0.507 e. The molecule has 1 aliphatic rings. The van der Waals surface area contributed by atoms with Crippen molar-refractivity contribution in [1.29, 1.82) is 0 Å². The van der Waals surface area contributed by atoms with E-state index in [1.54, 1.807) is 18.5 Å². The van der Waals surface area contributed by atoms with E-state index in [1.165, 1.54) is 0 Å². The van der Waals surface area contributed by atoms with E-state index in [2.05, 4.69) is 65.1 Å². The molecular formula is C23H30N6O. The molecule has 158 valence electrons. The van der Waals surface area contributed by atoms with Gasteiger partial charge in [-0.3, -0.25) is 5.10 Å². The van der Waals surface area contributed by atoms with Crippen molar-refractivity contribution in [2.24, 2.45) is 5.92 Å². The highest BCUT2D eigenvalue weighted by molar-refractivity contribution is 5.73. The van der Waals surface area contributed by atoms with Crippen molar-refractivity contribution in [3.05, 3.63) is 42.7 Å². The summed E-state index contributed by atoms with van der Waals surface area (Å²) in [6.07, 6.45) is 4.62. The molecule has 3 heterocycles. The number of phenols is 1. The van der Waals surface area contributed by atoms with Crippen LogP contribution in [0.2, 0.25) is 0 Å². The van der Waals surface area contributed by atoms with Crippen LogP contribution < -0.4 is 4.90 Å². The zero-order valence-electron chi connectivity index (χ0n) is 18.3. The van der Waals surface area contributed by atoms with E-state index < -0.39 is 0 Å². The van der Waals surface area contributed by atoms with E-state index in [9.17, 15) is 5.11 Å². The number of phenolic OH excluding ortho intramolecular Hbond substituents is 1. The summed E-state index contributed by atoms with van der Waals surface area (Å²) in [4.78, 5) is 4.69. The Balaban J connectivity index is 1.54. The van der Waals surface area contributed by atoms with Gasteiger partial charge in [0, 0.05) is 42.5 Å². The zero-order chi connectivity index (χ0) is 21.5. The van der Waals surface area contributed by atoms with Crippen molar-refractivity contribution in [3.8, 4) is 28.1 Å². The average Bonchev–Trinajstić information content (AvgIpc) is 3.27. The number of anilines is 1. The lowest BCUT2D eigenvalue weighted by Gasteiger charge is -2.51. The number of hydrogen-bond donors (Lipinski definition) is 2. The summed E-state index contributed by atoms with van der Waals surface area (Å²) in [5.74, 6) is 1.52. The second-order valence-corrected chi connectivity index (χ2v) is 8.83. The first-order valence-electron chi connectivity index (χ1n) is 10.4. The van der Waals surface area contributed by atoms with Gasteiger partial charge in [-0.2, -0.15) is 5.10 Å². The molecular weight excluding hydrogens is 376 g/mol. The smallest absolute Gasteiger partial charge is 0.151 e. The van der Waals surface area contributed by atoms with Gasteiger partial charge in [0.1, 0.15) is 5.75 Å². The van der Waals surface area contributed by atoms with Crippen molar-refractivity contribution in [2.45, 2.75) is 38.8 Å². The van der Waals surface area contributed by atoms with Gasteiger partial charge in [-0.15, -0.1) is 10.2 Å². The van der Waals surface area contributed by atoms with Gasteiger partial charge in [0.25, 0.3) is 0 Å². The third-order valence-corrected chi connectivity index (χ3v) is 7.05. The Hall–Kier alpha value is -2.93. The lowest BCUT2D eigenvalue weighted by atomic mass is 9.77. The lowest BCUT2D eigenvalue weighted by molar-refractivity contribution is 0.0391. The Morgan fingerprint density at radius 2 is 1.97 bits per heavy atom. The first-order chi connectivity index (χ1) is 14.3. The van der Waals surface area contributed by atoms with Crippen LogP contribution >= 0.6 is 0 Å². The number of nitrogens with zero attached hydrogens (tertiary/aromatic N) is 5. The number of aromatic amines is 1. The fraction of sp³-hybridized carbons (Fsp3) is 0.435. The summed E-state index contributed by atoms with van der Waals surface area (Å²) in [6.45, 7) is 8.00. The molecule has 2 unspecified atom stereocenters. The van der Waals surface area contributed by atoms with Crippen LogP contribution in [0.3, 0.4) is 0 Å². The van der Waals surface area contributed by atoms with E-state index in [0.29, 0.717) is 23.2 Å². The van der Waals surface area contributed by atoms with Crippen molar-refractivity contribution < 1.29 is 5.11 Å². The highest BCUT2D eigenvalue weighted by atomic mass is 16.3. The number of likely N-dealkylation sites (tertiary alicyclic amines) is 1. The summed E-state index contributed by atoms with van der Waals surface area (Å²) >= 11 is 0. The normalized spacial score (nSPS) is 21.5. The third-order valence-electron chi connectivity index (χ3n) is 7.05. The van der Waals surface area contributed by atoms with Gasteiger partial charge in [-0.1, -0.05) is 13.0 Å². The molecule has 7 nitrogen and oxygen atoms in total. The van der Waals surface area contributed by atoms with Gasteiger partial charge in [0.05, 0.1) is 11.9 Å². The van der Waals surface area contributed by atoms with Crippen molar-refractivity contribution in [3.63, 3.8) is 0 Å². The number of H-pyrrole nitrogens is 1. The lowest BCUT2D eigenvalue weighted by Crippen LogP contribution is -2.59. The predicted molar refractivity (Wildman–Crippen MR) is 119 cm³/mol. The van der Waals surface area contributed by atoms with Gasteiger partial charge in [0.2, 0.25) is 0 Å². The van der Waals surface area contributed by atoms with Crippen molar-refractivity contribution >= 4 is 5.82 Å². The van der Waals surface area contributed by atoms with Gasteiger partial charge < -0.3 is 14.9 Å². The molecule has 4 rings (SSSR count). The van der Waals surface area contributed by atoms with Crippen LogP contribution in [0, 0.1) is 5.92 Å². The average molecular weight is 407 g/mol. The Labute approximate surface area is 177 Å². The van der Waals surface area contributed by atoms with E-state index in [0.717, 1.165) is 29.9 Å². The van der Waals surface area contributed by atoms with E-state index in [1.807, 2.05) is 24.3 Å². The number of rotatable bonds is 4. The molecule has 7 heteroatoms. The van der Waals surface area contributed by atoms with Gasteiger partial charge in [-0.05, 0) is 63.1 Å². The van der Waals surface area contributed by atoms with Crippen LogP contribution in [0.25, 0.3) is 22.4 Å². The number of aromatic hydroxyl groups is 1. The number of benzene rings is 1. The number of hydrogen-bond acceptors (Lipinski definition) is 6. The van der Waals surface area contributed by atoms with Crippen LogP contribution in [0.1, 0.15) is 27.2 Å². The van der Waals surface area contributed by atoms with Crippen LogP contribution in [0.4, 0.5) is 5.82 Å². The molecule has 0 aliphatic carbocycles. The summed E-state index contributed by atoms with van der Waals surface area (Å²) < 4.78 is 0. The standard InChI is InChI=1S/C23H30N6O/c1-15-20(10-11-28(4)23(15,2)3)29(5)22-9-8-19(26-27-22)18-7-6-16(12-21(18)30)17-13-24-25-14-17/h6-9,12-15,20,30H,10-11H2,1-5H3,(H,24,25). The molecule has 3 aromatic rings. The van der Waals surface area contributed by atoms with Gasteiger partial charge in [-0.25, -0.2) is 0 Å². The molecule has 0 bridgehead atoms. The van der Waals surface area contributed by atoms with E-state index >= 15 is 0 Å². The van der Waals surface area contributed by atoms with E-state index in [-0.39, 0.29) is 11.3 Å². The maximum absolute atomic E-state index is 10.5. The van der Waals surface area contributed by atoms with Crippen molar-refractivity contribution in [1.82, 2.24) is 25.3 Å². The summed E-state index contributed by atoms with van der Waals surface area (Å²) in [5, 5.41) is 26.2. The Morgan fingerprint density at radius 3 is 2.60 bits per heavy atom. The Morgan fingerprint density at radius 1 is 1.17 bits per heavy atom. The monoisotopic (exact) mass is 406 g/mol. The molecule has 1 saturated heterocycles. The maximum atomic E-state index is 10.5. The minimum atomic E-state index is 0.132. The van der Waals surface area contributed by atoms with Crippen LogP contribution in [0.5, 0.6) is 5.75 Å². The minimum absolute atomic E-state index is 0.132. The summed E-state index contributed by atoms with van der Waals surface area (Å²) in [5.41, 5.74) is 3.27. The summed E-state index contributed by atoms with van der Waals surface area (Å²) in [7, 11) is 4.30. The molecule has 0 spiro atoms. The molecule has 0 saturated carbocycles. The third kappa shape index (κ3) is 3.54. The van der Waals surface area contributed by atoms with E-state index in [4.69, 9.17) is 0 Å². The van der Waals surface area contributed by atoms with Crippen LogP contribution in [-0.4, -0.2) is 62.6 Å². The molecule has 0 amide bonds. The molecule has 1 aliphatic heterocycles. The Bertz CT molecular complexity index is 999. The molecule has 1 fully saturated rings. The van der Waals surface area contributed by atoms with Crippen LogP contribution in [-0.2, 0) is 0 Å². The molecule has 2 N–H and O–H groups in total. The molecule has 30 heavy (non-hydrogen) atoms. The van der Waals surface area contributed by atoms with Crippen LogP contribution in [0.15, 0.2) is 42.7 Å². The fourth-order valence-corrected chi connectivity index (χ4v) is 4.38. The maximum Gasteiger partial charge on any atom is 0.151 e. The quantitative estimate of drug-likeness (QED) is 0.686. The zero-order valence-corrected chi connectivity index (χ0v) is 18.3. The molecule has 1 aromatic carbocycles. The first kappa shape index (κ1) is 20.3. The van der Waals surface area contributed by atoms with Crippen molar-refractivity contribution in [2.75, 3.05) is 25.5 Å². The number of piperidine rings is 1. The number of nitrogens with one attached hydrogen (secondary N) is 1. The van der Waals surface area contributed by atoms with Gasteiger partial charge in [0.15, 0.2) is 5.82 Å². The molecule has 2 atom stereocenters. The molecule has 0 radical (unpaired) electrons. The predicted octanol–water partition coefficient (Wildman–Crippen LogP) is 3.79.